The molecule has 1 amide bonds. The fourth-order valence-electron chi connectivity index (χ4n) is 1.18. The van der Waals surface area contributed by atoms with Crippen molar-refractivity contribution in [2.24, 2.45) is 0 Å². The summed E-state index contributed by atoms with van der Waals surface area (Å²) in [5.74, 6) is -0.702. The topological polar surface area (TPSA) is 55.4 Å². The number of carbonyl (C=O) groups excluding carboxylic acids is 2. The first-order chi connectivity index (χ1) is 8.17. The lowest BCUT2D eigenvalue weighted by Gasteiger charge is -2.09. The van der Waals surface area contributed by atoms with Crippen LogP contribution in [0.15, 0.2) is 29.2 Å². The van der Waals surface area contributed by atoms with Gasteiger partial charge >= 0.3 is 5.97 Å². The van der Waals surface area contributed by atoms with Crippen LogP contribution in [0.5, 0.6) is 0 Å². The summed E-state index contributed by atoms with van der Waals surface area (Å²) in [7, 11) is 0. The average Bonchev–Trinajstić information content (AvgIpc) is 2.36. The molecule has 92 valence electrons. The molecule has 0 bridgehead atoms. The highest BCUT2D eigenvalue weighted by Crippen LogP contribution is 2.24. The van der Waals surface area contributed by atoms with Crippen molar-refractivity contribution < 1.29 is 14.3 Å². The Kier molecular flexibility index (Phi) is 5.56. The van der Waals surface area contributed by atoms with Crippen molar-refractivity contribution in [3.8, 4) is 0 Å². The lowest BCUT2D eigenvalue weighted by atomic mass is 10.3. The number of nitrogens with one attached hydrogen (secondary N) is 1. The van der Waals surface area contributed by atoms with Crippen molar-refractivity contribution in [2.75, 3.05) is 18.2 Å². The second kappa shape index (κ2) is 6.96. The zero-order chi connectivity index (χ0) is 12.7. The molecule has 1 N–H and O–H groups in total. The van der Waals surface area contributed by atoms with Gasteiger partial charge in [-0.15, -0.1) is 11.8 Å². The largest absolute Gasteiger partial charge is 0.456 e. The Morgan fingerprint density at radius 2 is 2.06 bits per heavy atom. The number of thioether (sulfide) groups is 1. The highest BCUT2D eigenvalue weighted by molar-refractivity contribution is 7.98. The summed E-state index contributed by atoms with van der Waals surface area (Å²) < 4.78 is 4.74. The molecule has 1 rings (SSSR count). The number of hydrogen-bond donors (Lipinski definition) is 1. The van der Waals surface area contributed by atoms with Crippen LogP contribution < -0.4 is 5.32 Å². The minimum absolute atomic E-state index is 0.241. The van der Waals surface area contributed by atoms with Crippen molar-refractivity contribution in [1.82, 2.24) is 0 Å². The number of esters is 1. The second-order valence-corrected chi connectivity index (χ2v) is 4.11. The van der Waals surface area contributed by atoms with Crippen LogP contribution in [0.2, 0.25) is 0 Å². The number of amides is 1. The summed E-state index contributed by atoms with van der Waals surface area (Å²) in [5.41, 5.74) is 0.734. The van der Waals surface area contributed by atoms with Crippen LogP contribution in [0.1, 0.15) is 13.3 Å². The Morgan fingerprint density at radius 1 is 1.35 bits per heavy atom. The molecule has 0 aliphatic heterocycles. The monoisotopic (exact) mass is 253 g/mol. The van der Waals surface area contributed by atoms with Gasteiger partial charge in [0.25, 0.3) is 5.91 Å². The molecule has 5 heteroatoms. The van der Waals surface area contributed by atoms with E-state index < -0.39 is 0 Å². The molecular weight excluding hydrogens is 238 g/mol. The van der Waals surface area contributed by atoms with Gasteiger partial charge in [-0.1, -0.05) is 19.1 Å². The zero-order valence-electron chi connectivity index (χ0n) is 9.86. The molecular formula is C12H15NO3S. The summed E-state index contributed by atoms with van der Waals surface area (Å²) in [6.07, 6.45) is 2.21. The summed E-state index contributed by atoms with van der Waals surface area (Å²) in [4.78, 5) is 23.4. The summed E-state index contributed by atoms with van der Waals surface area (Å²) in [6, 6.07) is 7.47. The number of rotatable bonds is 5. The third-order valence-corrected chi connectivity index (χ3v) is 2.83. The van der Waals surface area contributed by atoms with E-state index in [9.17, 15) is 9.59 Å². The third kappa shape index (κ3) is 4.48. The Balaban J connectivity index is 2.53. The van der Waals surface area contributed by atoms with Crippen molar-refractivity contribution in [3.05, 3.63) is 24.3 Å². The van der Waals surface area contributed by atoms with E-state index in [1.165, 1.54) is 0 Å². The van der Waals surface area contributed by atoms with Gasteiger partial charge < -0.3 is 10.1 Å². The van der Waals surface area contributed by atoms with Crippen molar-refractivity contribution >= 4 is 29.3 Å². The molecule has 0 saturated heterocycles. The van der Waals surface area contributed by atoms with Crippen LogP contribution in [-0.2, 0) is 14.3 Å². The van der Waals surface area contributed by atoms with Crippen LogP contribution in [0, 0.1) is 0 Å². The predicted molar refractivity (Wildman–Crippen MR) is 68.1 cm³/mol. The van der Waals surface area contributed by atoms with E-state index in [4.69, 9.17) is 4.74 Å². The minimum atomic E-state index is -0.377. The van der Waals surface area contributed by atoms with Crippen LogP contribution in [-0.4, -0.2) is 24.7 Å². The van der Waals surface area contributed by atoms with Gasteiger partial charge in [-0.3, -0.25) is 9.59 Å². The first-order valence-electron chi connectivity index (χ1n) is 5.25. The number of carbonyl (C=O) groups is 2. The molecule has 0 heterocycles. The van der Waals surface area contributed by atoms with E-state index in [1.54, 1.807) is 18.7 Å². The van der Waals surface area contributed by atoms with Crippen LogP contribution in [0.4, 0.5) is 5.69 Å². The lowest BCUT2D eigenvalue weighted by molar-refractivity contribution is -0.146. The minimum Gasteiger partial charge on any atom is -0.456 e. The molecule has 0 atom stereocenters. The number of anilines is 1. The van der Waals surface area contributed by atoms with Gasteiger partial charge in [-0.25, -0.2) is 0 Å². The summed E-state index contributed by atoms with van der Waals surface area (Å²) in [6.45, 7) is 1.44. The molecule has 17 heavy (non-hydrogen) atoms. The molecule has 0 fully saturated rings. The fourth-order valence-corrected chi connectivity index (χ4v) is 1.74. The maximum Gasteiger partial charge on any atom is 0.306 e. The number of ether oxygens (including phenoxy) is 1. The van der Waals surface area contributed by atoms with E-state index in [0.29, 0.717) is 0 Å². The van der Waals surface area contributed by atoms with Gasteiger partial charge in [0.2, 0.25) is 0 Å². The van der Waals surface area contributed by atoms with E-state index in [-0.39, 0.29) is 24.9 Å². The Bertz CT molecular complexity index is 406. The van der Waals surface area contributed by atoms with Gasteiger partial charge in [0.15, 0.2) is 6.61 Å². The third-order valence-electron chi connectivity index (χ3n) is 2.03. The van der Waals surface area contributed by atoms with Crippen LogP contribution in [0.3, 0.4) is 0 Å². The van der Waals surface area contributed by atoms with Crippen molar-refractivity contribution in [3.63, 3.8) is 0 Å². The summed E-state index contributed by atoms with van der Waals surface area (Å²) >= 11 is 1.54. The van der Waals surface area contributed by atoms with Crippen molar-refractivity contribution in [2.45, 2.75) is 18.2 Å². The Morgan fingerprint density at radius 3 is 2.71 bits per heavy atom. The molecule has 0 aromatic heterocycles. The van der Waals surface area contributed by atoms with E-state index in [1.807, 2.05) is 30.5 Å². The standard InChI is InChI=1S/C12H15NO3S/c1-3-12(15)16-8-11(14)13-9-6-4-5-7-10(9)17-2/h4-7H,3,8H2,1-2H3,(H,13,14). The molecule has 0 spiro atoms. The summed E-state index contributed by atoms with van der Waals surface area (Å²) in [5, 5.41) is 2.70. The normalized spacial score (nSPS) is 9.76. The quantitative estimate of drug-likeness (QED) is 0.646. The fraction of sp³-hybridized carbons (Fsp3) is 0.333. The Labute approximate surface area is 105 Å². The first kappa shape index (κ1) is 13.6. The van der Waals surface area contributed by atoms with Gasteiger partial charge in [0.05, 0.1) is 5.69 Å². The van der Waals surface area contributed by atoms with Crippen LogP contribution >= 0.6 is 11.8 Å². The van der Waals surface area contributed by atoms with Crippen molar-refractivity contribution in [1.29, 1.82) is 0 Å². The van der Waals surface area contributed by atoms with E-state index >= 15 is 0 Å². The molecule has 0 unspecified atom stereocenters. The molecule has 0 saturated carbocycles. The highest BCUT2D eigenvalue weighted by Gasteiger charge is 2.08. The maximum atomic E-state index is 11.5. The molecule has 1 aromatic rings. The van der Waals surface area contributed by atoms with Gasteiger partial charge in [0, 0.05) is 11.3 Å². The van der Waals surface area contributed by atoms with Crippen LogP contribution in [0.25, 0.3) is 0 Å². The average molecular weight is 253 g/mol. The molecule has 0 aliphatic rings. The lowest BCUT2D eigenvalue weighted by Crippen LogP contribution is -2.20. The van der Waals surface area contributed by atoms with Gasteiger partial charge in [0.1, 0.15) is 0 Å². The molecule has 0 aliphatic carbocycles. The molecule has 4 nitrogen and oxygen atoms in total. The first-order valence-corrected chi connectivity index (χ1v) is 6.48. The molecule has 1 aromatic carbocycles. The van der Waals surface area contributed by atoms with Gasteiger partial charge in [-0.05, 0) is 18.4 Å². The highest BCUT2D eigenvalue weighted by atomic mass is 32.2. The molecule has 0 radical (unpaired) electrons. The zero-order valence-corrected chi connectivity index (χ0v) is 10.7. The predicted octanol–water partition coefficient (Wildman–Crippen LogP) is 2.30. The maximum absolute atomic E-state index is 11.5. The number of benzene rings is 1. The van der Waals surface area contributed by atoms with E-state index in [2.05, 4.69) is 5.32 Å². The SMILES string of the molecule is CCC(=O)OCC(=O)Nc1ccccc1SC. The second-order valence-electron chi connectivity index (χ2n) is 3.26. The van der Waals surface area contributed by atoms with Gasteiger partial charge in [-0.2, -0.15) is 0 Å². The number of hydrogen-bond acceptors (Lipinski definition) is 4. The Hall–Kier alpha value is -1.49. The number of para-hydroxylation sites is 1. The van der Waals surface area contributed by atoms with E-state index in [0.717, 1.165) is 10.6 Å². The smallest absolute Gasteiger partial charge is 0.306 e.